The van der Waals surface area contributed by atoms with Crippen LogP contribution in [-0.2, 0) is 16.1 Å². The molecule has 2 N–H and O–H groups in total. The number of benzene rings is 1. The first-order valence-corrected chi connectivity index (χ1v) is 9.89. The van der Waals surface area contributed by atoms with Crippen LogP contribution in [0.25, 0.3) is 0 Å². The Morgan fingerprint density at radius 1 is 1.20 bits per heavy atom. The van der Waals surface area contributed by atoms with Crippen LogP contribution in [0.1, 0.15) is 24.1 Å². The zero-order valence-electron chi connectivity index (χ0n) is 16.8. The van der Waals surface area contributed by atoms with Crippen LogP contribution in [0.3, 0.4) is 0 Å². The highest BCUT2D eigenvalue weighted by Gasteiger charge is 2.23. The van der Waals surface area contributed by atoms with Gasteiger partial charge in [-0.2, -0.15) is 0 Å². The van der Waals surface area contributed by atoms with Gasteiger partial charge in [0.05, 0.1) is 10.6 Å². The molecule has 2 amide bonds. The lowest BCUT2D eigenvalue weighted by Gasteiger charge is -2.31. The molecule has 1 aliphatic heterocycles. The van der Waals surface area contributed by atoms with E-state index >= 15 is 0 Å². The fourth-order valence-corrected chi connectivity index (χ4v) is 3.46. The van der Waals surface area contributed by atoms with Crippen molar-refractivity contribution in [1.29, 1.82) is 0 Å². The molecule has 158 valence electrons. The number of hydrogen-bond donors (Lipinski definition) is 2. The quantitative estimate of drug-likeness (QED) is 0.428. The molecule has 3 rings (SSSR count). The lowest BCUT2D eigenvalue weighted by molar-refractivity contribution is -0.384. The Hall–Kier alpha value is -3.33. The van der Waals surface area contributed by atoms with E-state index in [0.29, 0.717) is 12.1 Å². The van der Waals surface area contributed by atoms with Crippen LogP contribution in [0, 0.1) is 23.0 Å². The second kappa shape index (κ2) is 9.93. The van der Waals surface area contributed by atoms with Gasteiger partial charge in [0, 0.05) is 25.4 Å². The summed E-state index contributed by atoms with van der Waals surface area (Å²) in [6.07, 6.45) is 3.62. The van der Waals surface area contributed by atoms with Crippen molar-refractivity contribution in [1.82, 2.24) is 15.2 Å². The van der Waals surface area contributed by atoms with Crippen LogP contribution in [0.4, 0.5) is 11.4 Å². The number of rotatable bonds is 6. The first-order valence-electron chi connectivity index (χ1n) is 9.89. The number of pyridine rings is 1. The lowest BCUT2D eigenvalue weighted by atomic mass is 9.96. The molecule has 2 aromatic rings. The van der Waals surface area contributed by atoms with Crippen molar-refractivity contribution in [2.24, 2.45) is 5.92 Å². The van der Waals surface area contributed by atoms with Crippen LogP contribution >= 0.6 is 0 Å². The predicted octanol–water partition coefficient (Wildman–Crippen LogP) is 2.27. The number of anilines is 1. The number of carbonyl (C=O) groups is 2. The van der Waals surface area contributed by atoms with Gasteiger partial charge in [-0.1, -0.05) is 12.1 Å². The van der Waals surface area contributed by atoms with Gasteiger partial charge in [-0.3, -0.25) is 29.6 Å². The third-order valence-corrected chi connectivity index (χ3v) is 5.17. The number of hydrogen-bond acceptors (Lipinski definition) is 6. The molecule has 30 heavy (non-hydrogen) atoms. The van der Waals surface area contributed by atoms with E-state index in [4.69, 9.17) is 0 Å². The van der Waals surface area contributed by atoms with Crippen LogP contribution < -0.4 is 10.6 Å². The number of piperidine rings is 1. The maximum absolute atomic E-state index is 12.1. The minimum absolute atomic E-state index is 0.00794. The third kappa shape index (κ3) is 5.84. The van der Waals surface area contributed by atoms with E-state index in [-0.39, 0.29) is 17.3 Å². The molecule has 0 bridgehead atoms. The Bertz CT molecular complexity index is 911. The van der Waals surface area contributed by atoms with Gasteiger partial charge in [0.2, 0.25) is 0 Å². The number of amides is 2. The molecule has 9 heteroatoms. The summed E-state index contributed by atoms with van der Waals surface area (Å²) in [5.74, 6) is -1.41. The van der Waals surface area contributed by atoms with Crippen LogP contribution in [0.15, 0.2) is 42.6 Å². The van der Waals surface area contributed by atoms with E-state index in [1.807, 2.05) is 18.2 Å². The maximum Gasteiger partial charge on any atom is 0.313 e. The molecule has 1 aromatic heterocycles. The Labute approximate surface area is 174 Å². The first kappa shape index (κ1) is 21.4. The molecule has 0 radical (unpaired) electrons. The second-order valence-corrected chi connectivity index (χ2v) is 7.48. The molecular weight excluding hydrogens is 386 g/mol. The Morgan fingerprint density at radius 3 is 2.63 bits per heavy atom. The van der Waals surface area contributed by atoms with Gasteiger partial charge in [-0.05, 0) is 62.5 Å². The molecule has 1 fully saturated rings. The minimum atomic E-state index is -0.908. The summed E-state index contributed by atoms with van der Waals surface area (Å²) in [4.78, 5) is 41.5. The van der Waals surface area contributed by atoms with Crippen molar-refractivity contribution in [2.75, 3.05) is 25.0 Å². The fourth-order valence-electron chi connectivity index (χ4n) is 3.46. The van der Waals surface area contributed by atoms with E-state index in [9.17, 15) is 19.7 Å². The van der Waals surface area contributed by atoms with Gasteiger partial charge in [0.25, 0.3) is 5.69 Å². The van der Waals surface area contributed by atoms with Gasteiger partial charge in [0.15, 0.2) is 0 Å². The highest BCUT2D eigenvalue weighted by molar-refractivity contribution is 6.39. The van der Waals surface area contributed by atoms with Gasteiger partial charge in [-0.15, -0.1) is 0 Å². The molecule has 1 saturated heterocycles. The monoisotopic (exact) mass is 411 g/mol. The summed E-state index contributed by atoms with van der Waals surface area (Å²) in [6, 6.07) is 10.3. The summed E-state index contributed by atoms with van der Waals surface area (Å²) in [6.45, 7) is 4.72. The number of nitrogens with zero attached hydrogens (tertiary/aromatic N) is 3. The second-order valence-electron chi connectivity index (χ2n) is 7.48. The Balaban J connectivity index is 1.44. The molecule has 1 aromatic carbocycles. The highest BCUT2D eigenvalue weighted by atomic mass is 16.6. The summed E-state index contributed by atoms with van der Waals surface area (Å²) in [7, 11) is 0. The van der Waals surface area contributed by atoms with Gasteiger partial charge in [0.1, 0.15) is 5.69 Å². The number of nitro benzene ring substituents is 1. The number of nitrogens with one attached hydrogen (secondary N) is 2. The van der Waals surface area contributed by atoms with Gasteiger partial charge in [-0.25, -0.2) is 0 Å². The minimum Gasteiger partial charge on any atom is -0.348 e. The average Bonchev–Trinajstić information content (AvgIpc) is 2.74. The SMILES string of the molecule is Cc1ccc(NC(=O)C(=O)NCC2CCN(Cc3ccccn3)CC2)c([N+](=O)[O-])c1. The number of likely N-dealkylation sites (tertiary alicyclic amines) is 1. The summed E-state index contributed by atoms with van der Waals surface area (Å²) < 4.78 is 0. The number of aromatic nitrogens is 1. The van der Waals surface area contributed by atoms with E-state index < -0.39 is 16.7 Å². The van der Waals surface area contributed by atoms with E-state index in [0.717, 1.165) is 38.2 Å². The molecule has 0 atom stereocenters. The van der Waals surface area contributed by atoms with Gasteiger partial charge < -0.3 is 10.6 Å². The molecule has 0 unspecified atom stereocenters. The fraction of sp³-hybridized carbons (Fsp3) is 0.381. The Kier molecular flexibility index (Phi) is 7.08. The summed E-state index contributed by atoms with van der Waals surface area (Å²) in [5.41, 5.74) is 1.50. The van der Waals surface area contributed by atoms with E-state index in [2.05, 4.69) is 20.5 Å². The van der Waals surface area contributed by atoms with Crippen molar-refractivity contribution in [3.05, 3.63) is 64.0 Å². The average molecular weight is 411 g/mol. The predicted molar refractivity (Wildman–Crippen MR) is 112 cm³/mol. The zero-order valence-corrected chi connectivity index (χ0v) is 16.8. The first-order chi connectivity index (χ1) is 14.4. The zero-order chi connectivity index (χ0) is 21.5. The summed E-state index contributed by atoms with van der Waals surface area (Å²) in [5, 5.41) is 16.1. The van der Waals surface area contributed by atoms with Crippen LogP contribution in [0.2, 0.25) is 0 Å². The van der Waals surface area contributed by atoms with Crippen molar-refractivity contribution in [2.45, 2.75) is 26.3 Å². The molecule has 1 aliphatic rings. The summed E-state index contributed by atoms with van der Waals surface area (Å²) >= 11 is 0. The standard InChI is InChI=1S/C21H25N5O4/c1-15-5-6-18(19(12-15)26(29)30)24-21(28)20(27)23-13-16-7-10-25(11-8-16)14-17-4-2-3-9-22-17/h2-6,9,12,16H,7-8,10-11,13-14H2,1H3,(H,23,27)(H,24,28). The topological polar surface area (TPSA) is 117 Å². The normalized spacial score (nSPS) is 14.8. The lowest BCUT2D eigenvalue weighted by Crippen LogP contribution is -2.41. The molecular formula is C21H25N5O4. The van der Waals surface area contributed by atoms with Crippen molar-refractivity contribution in [3.63, 3.8) is 0 Å². The van der Waals surface area contributed by atoms with Gasteiger partial charge >= 0.3 is 11.8 Å². The molecule has 0 spiro atoms. The van der Waals surface area contributed by atoms with Crippen LogP contribution in [-0.4, -0.2) is 46.3 Å². The maximum atomic E-state index is 12.1. The van der Waals surface area contributed by atoms with E-state index in [1.165, 1.54) is 12.1 Å². The van der Waals surface area contributed by atoms with E-state index in [1.54, 1.807) is 19.2 Å². The number of carbonyl (C=O) groups excluding carboxylic acids is 2. The number of aryl methyl sites for hydroxylation is 1. The van der Waals surface area contributed by atoms with Crippen molar-refractivity contribution >= 4 is 23.2 Å². The Morgan fingerprint density at radius 2 is 1.97 bits per heavy atom. The van der Waals surface area contributed by atoms with Crippen molar-refractivity contribution in [3.8, 4) is 0 Å². The van der Waals surface area contributed by atoms with Crippen molar-refractivity contribution < 1.29 is 14.5 Å². The molecule has 0 saturated carbocycles. The molecule has 9 nitrogen and oxygen atoms in total. The number of nitro groups is 1. The smallest absolute Gasteiger partial charge is 0.313 e. The molecule has 0 aliphatic carbocycles. The third-order valence-electron chi connectivity index (χ3n) is 5.17. The van der Waals surface area contributed by atoms with Crippen LogP contribution in [0.5, 0.6) is 0 Å². The molecule has 2 heterocycles. The largest absolute Gasteiger partial charge is 0.348 e. The highest BCUT2D eigenvalue weighted by Crippen LogP contribution is 2.25.